The van der Waals surface area contributed by atoms with E-state index in [1.807, 2.05) is 27.9 Å². The molecule has 2 amide bonds. The Morgan fingerprint density at radius 3 is 2.30 bits per heavy atom. The van der Waals surface area contributed by atoms with Crippen LogP contribution in [0.25, 0.3) is 0 Å². The Kier molecular flexibility index (Phi) is 8.52. The SMILES string of the molecule is CC(C)N(CCN(C)C)C(=O)NCCOc1cc(Cl)cc(Cl)c1. The molecule has 130 valence electrons. The third-order valence-electron chi connectivity index (χ3n) is 3.16. The highest BCUT2D eigenvalue weighted by molar-refractivity contribution is 6.34. The molecule has 1 aromatic carbocycles. The van der Waals surface area contributed by atoms with Crippen LogP contribution in [-0.4, -0.2) is 62.2 Å². The number of rotatable bonds is 8. The Hall–Kier alpha value is -1.17. The molecule has 5 nitrogen and oxygen atoms in total. The first-order chi connectivity index (χ1) is 10.8. The van der Waals surface area contributed by atoms with Gasteiger partial charge >= 0.3 is 6.03 Å². The number of likely N-dealkylation sites (N-methyl/N-ethyl adjacent to an activating group) is 1. The lowest BCUT2D eigenvalue weighted by atomic mass is 10.3. The predicted molar refractivity (Wildman–Crippen MR) is 95.8 cm³/mol. The summed E-state index contributed by atoms with van der Waals surface area (Å²) in [6.45, 7) is 6.26. The number of hydrogen-bond acceptors (Lipinski definition) is 3. The fourth-order valence-corrected chi connectivity index (χ4v) is 2.45. The summed E-state index contributed by atoms with van der Waals surface area (Å²) < 4.78 is 5.55. The summed E-state index contributed by atoms with van der Waals surface area (Å²) in [7, 11) is 3.97. The molecule has 23 heavy (non-hydrogen) atoms. The molecule has 0 saturated carbocycles. The molecule has 0 bridgehead atoms. The number of nitrogens with zero attached hydrogens (tertiary/aromatic N) is 2. The summed E-state index contributed by atoms with van der Waals surface area (Å²) >= 11 is 11.8. The zero-order valence-corrected chi connectivity index (χ0v) is 15.6. The molecule has 0 aliphatic heterocycles. The molecule has 0 aromatic heterocycles. The van der Waals surface area contributed by atoms with Gasteiger partial charge in [-0.25, -0.2) is 4.79 Å². The minimum atomic E-state index is -0.0884. The molecule has 1 rings (SSSR count). The Balaban J connectivity index is 2.39. The Labute approximate surface area is 148 Å². The number of hydrogen-bond donors (Lipinski definition) is 1. The van der Waals surface area contributed by atoms with Crippen LogP contribution in [-0.2, 0) is 0 Å². The molecular weight excluding hydrogens is 337 g/mol. The smallest absolute Gasteiger partial charge is 0.317 e. The molecule has 0 aliphatic rings. The summed E-state index contributed by atoms with van der Waals surface area (Å²) in [5.41, 5.74) is 0. The third-order valence-corrected chi connectivity index (χ3v) is 3.59. The van der Waals surface area contributed by atoms with Crippen LogP contribution in [0.3, 0.4) is 0 Å². The van der Waals surface area contributed by atoms with Crippen LogP contribution in [0.4, 0.5) is 4.79 Å². The van der Waals surface area contributed by atoms with Gasteiger partial charge in [0.2, 0.25) is 0 Å². The minimum Gasteiger partial charge on any atom is -0.492 e. The lowest BCUT2D eigenvalue weighted by Gasteiger charge is -2.28. The summed E-state index contributed by atoms with van der Waals surface area (Å²) in [5, 5.41) is 3.90. The van der Waals surface area contributed by atoms with E-state index in [0.29, 0.717) is 35.5 Å². The first kappa shape index (κ1) is 19.9. The van der Waals surface area contributed by atoms with Crippen molar-refractivity contribution in [3.05, 3.63) is 28.2 Å². The number of amides is 2. The number of nitrogens with one attached hydrogen (secondary N) is 1. The van der Waals surface area contributed by atoms with Crippen molar-refractivity contribution >= 4 is 29.2 Å². The van der Waals surface area contributed by atoms with E-state index in [9.17, 15) is 4.79 Å². The second-order valence-electron chi connectivity index (χ2n) is 5.78. The highest BCUT2D eigenvalue weighted by Crippen LogP contribution is 2.23. The van der Waals surface area contributed by atoms with Gasteiger partial charge in [-0.2, -0.15) is 0 Å². The lowest BCUT2D eigenvalue weighted by molar-refractivity contribution is 0.174. The van der Waals surface area contributed by atoms with Crippen LogP contribution in [0.1, 0.15) is 13.8 Å². The van der Waals surface area contributed by atoms with Gasteiger partial charge in [0.15, 0.2) is 0 Å². The van der Waals surface area contributed by atoms with E-state index in [1.54, 1.807) is 23.1 Å². The van der Waals surface area contributed by atoms with Crippen molar-refractivity contribution < 1.29 is 9.53 Å². The number of carbonyl (C=O) groups is 1. The van der Waals surface area contributed by atoms with E-state index in [-0.39, 0.29) is 12.1 Å². The average Bonchev–Trinajstić information content (AvgIpc) is 2.42. The minimum absolute atomic E-state index is 0.0884. The predicted octanol–water partition coefficient (Wildman–Crippen LogP) is 3.35. The molecule has 7 heteroatoms. The number of halogens is 2. The Morgan fingerprint density at radius 1 is 1.17 bits per heavy atom. The maximum atomic E-state index is 12.2. The zero-order valence-electron chi connectivity index (χ0n) is 14.1. The van der Waals surface area contributed by atoms with Crippen molar-refractivity contribution in [3.63, 3.8) is 0 Å². The summed E-state index contributed by atoms with van der Waals surface area (Å²) in [6.07, 6.45) is 0. The van der Waals surface area contributed by atoms with Crippen molar-refractivity contribution in [1.82, 2.24) is 15.1 Å². The van der Waals surface area contributed by atoms with Crippen LogP contribution in [0, 0.1) is 0 Å². The molecule has 0 atom stereocenters. The first-order valence-corrected chi connectivity index (χ1v) is 8.33. The van der Waals surface area contributed by atoms with Crippen LogP contribution >= 0.6 is 23.2 Å². The van der Waals surface area contributed by atoms with Gasteiger partial charge in [-0.3, -0.25) is 0 Å². The molecule has 1 aromatic rings. The second kappa shape index (κ2) is 9.85. The van der Waals surface area contributed by atoms with Crippen LogP contribution in [0.2, 0.25) is 10.0 Å². The van der Waals surface area contributed by atoms with Gasteiger partial charge in [0.05, 0.1) is 6.54 Å². The molecule has 0 aliphatic carbocycles. The number of carbonyl (C=O) groups excluding carboxylic acids is 1. The molecule has 0 unspecified atom stereocenters. The summed E-state index contributed by atoms with van der Waals surface area (Å²) in [5.74, 6) is 0.588. The Bertz CT molecular complexity index is 490. The molecular formula is C16H25Cl2N3O2. The van der Waals surface area contributed by atoms with E-state index in [4.69, 9.17) is 27.9 Å². The fraction of sp³-hybridized carbons (Fsp3) is 0.562. The Morgan fingerprint density at radius 2 is 1.78 bits per heavy atom. The van der Waals surface area contributed by atoms with Gasteiger partial charge in [-0.05, 0) is 46.1 Å². The van der Waals surface area contributed by atoms with Gasteiger partial charge in [0.25, 0.3) is 0 Å². The summed E-state index contributed by atoms with van der Waals surface area (Å²) in [4.78, 5) is 16.1. The van der Waals surface area contributed by atoms with E-state index >= 15 is 0 Å². The van der Waals surface area contributed by atoms with Crippen molar-refractivity contribution in [2.45, 2.75) is 19.9 Å². The molecule has 0 radical (unpaired) electrons. The van der Waals surface area contributed by atoms with E-state index in [2.05, 4.69) is 10.2 Å². The molecule has 0 fully saturated rings. The maximum Gasteiger partial charge on any atom is 0.317 e. The van der Waals surface area contributed by atoms with E-state index in [1.165, 1.54) is 0 Å². The normalized spacial score (nSPS) is 11.0. The number of urea groups is 1. The largest absolute Gasteiger partial charge is 0.492 e. The van der Waals surface area contributed by atoms with Gasteiger partial charge in [-0.15, -0.1) is 0 Å². The lowest BCUT2D eigenvalue weighted by Crippen LogP contribution is -2.47. The highest BCUT2D eigenvalue weighted by atomic mass is 35.5. The topological polar surface area (TPSA) is 44.8 Å². The van der Waals surface area contributed by atoms with Crippen molar-refractivity contribution in [2.75, 3.05) is 40.3 Å². The van der Waals surface area contributed by atoms with Gasteiger partial charge in [0, 0.05) is 29.2 Å². The average molecular weight is 362 g/mol. The highest BCUT2D eigenvalue weighted by Gasteiger charge is 2.16. The second-order valence-corrected chi connectivity index (χ2v) is 6.65. The molecule has 0 saturated heterocycles. The van der Waals surface area contributed by atoms with Crippen LogP contribution in [0.5, 0.6) is 5.75 Å². The number of ether oxygens (including phenoxy) is 1. The van der Waals surface area contributed by atoms with Gasteiger partial charge in [0.1, 0.15) is 12.4 Å². The third kappa shape index (κ3) is 7.77. The van der Waals surface area contributed by atoms with Gasteiger partial charge < -0.3 is 19.9 Å². The first-order valence-electron chi connectivity index (χ1n) is 7.57. The van der Waals surface area contributed by atoms with Crippen molar-refractivity contribution in [2.24, 2.45) is 0 Å². The summed E-state index contributed by atoms with van der Waals surface area (Å²) in [6, 6.07) is 5.07. The standard InChI is InChI=1S/C16H25Cl2N3O2/c1-12(2)21(7-6-20(3)4)16(22)19-5-8-23-15-10-13(17)9-14(18)11-15/h9-12H,5-8H2,1-4H3,(H,19,22). The fourth-order valence-electron chi connectivity index (χ4n) is 1.94. The van der Waals surface area contributed by atoms with Gasteiger partial charge in [-0.1, -0.05) is 23.2 Å². The number of benzene rings is 1. The van der Waals surface area contributed by atoms with Crippen molar-refractivity contribution in [1.29, 1.82) is 0 Å². The monoisotopic (exact) mass is 361 g/mol. The molecule has 0 heterocycles. The van der Waals surface area contributed by atoms with Crippen molar-refractivity contribution in [3.8, 4) is 5.75 Å². The molecule has 1 N–H and O–H groups in total. The molecule has 0 spiro atoms. The van der Waals surface area contributed by atoms with E-state index < -0.39 is 0 Å². The maximum absolute atomic E-state index is 12.2. The van der Waals surface area contributed by atoms with E-state index in [0.717, 1.165) is 6.54 Å². The zero-order chi connectivity index (χ0) is 17.4. The van der Waals surface area contributed by atoms with Crippen LogP contribution in [0.15, 0.2) is 18.2 Å². The van der Waals surface area contributed by atoms with Crippen LogP contribution < -0.4 is 10.1 Å². The quantitative estimate of drug-likeness (QED) is 0.722.